The molecule has 0 spiro atoms. The van der Waals surface area contributed by atoms with Crippen LogP contribution < -0.4 is 0 Å². The van der Waals surface area contributed by atoms with E-state index in [0.29, 0.717) is 15.2 Å². The zero-order valence-corrected chi connectivity index (χ0v) is 8.39. The van der Waals surface area contributed by atoms with E-state index in [4.69, 9.17) is 11.6 Å². The minimum atomic E-state index is -0.564. The summed E-state index contributed by atoms with van der Waals surface area (Å²) < 4.78 is 0.366. The van der Waals surface area contributed by atoms with E-state index in [0.717, 1.165) is 0 Å². The van der Waals surface area contributed by atoms with Crippen LogP contribution in [0.3, 0.4) is 0 Å². The smallest absolute Gasteiger partial charge is 0.358 e. The summed E-state index contributed by atoms with van der Waals surface area (Å²) in [5.74, 6) is -0.214. The summed E-state index contributed by atoms with van der Waals surface area (Å²) in [6.07, 6.45) is 0. The summed E-state index contributed by atoms with van der Waals surface area (Å²) in [6, 6.07) is 1.52. The minimum Gasteiger partial charge on any atom is -0.358 e. The highest BCUT2D eigenvalue weighted by atomic mass is 79.9. The van der Waals surface area contributed by atoms with E-state index in [2.05, 4.69) is 20.9 Å². The molecule has 64 valence electrons. The standard InChI is InChI=1S/C6H4BrClN2O2/c1-3-4(8)2-5(7)9-6(3)10(11)12/h2H,1H3. The van der Waals surface area contributed by atoms with Gasteiger partial charge in [-0.1, -0.05) is 11.6 Å². The molecule has 0 unspecified atom stereocenters. The molecule has 0 fully saturated rings. The van der Waals surface area contributed by atoms with E-state index in [1.807, 2.05) is 0 Å². The van der Waals surface area contributed by atoms with Crippen molar-refractivity contribution < 1.29 is 4.92 Å². The van der Waals surface area contributed by atoms with E-state index >= 15 is 0 Å². The monoisotopic (exact) mass is 250 g/mol. The van der Waals surface area contributed by atoms with Gasteiger partial charge in [-0.25, -0.2) is 0 Å². The second-order valence-corrected chi connectivity index (χ2v) is 3.35. The number of hydrogen-bond acceptors (Lipinski definition) is 3. The normalized spacial score (nSPS) is 9.92. The van der Waals surface area contributed by atoms with Crippen molar-refractivity contribution in [2.24, 2.45) is 0 Å². The van der Waals surface area contributed by atoms with Crippen LogP contribution in [-0.2, 0) is 0 Å². The quantitative estimate of drug-likeness (QED) is 0.438. The molecule has 0 atom stereocenters. The van der Waals surface area contributed by atoms with Crippen LogP contribution in [0.5, 0.6) is 0 Å². The average molecular weight is 251 g/mol. The molecular weight excluding hydrogens is 247 g/mol. The Morgan fingerprint density at radius 1 is 1.75 bits per heavy atom. The number of halogens is 2. The Morgan fingerprint density at radius 3 is 2.83 bits per heavy atom. The molecule has 4 nitrogen and oxygen atoms in total. The lowest BCUT2D eigenvalue weighted by molar-refractivity contribution is -0.390. The molecule has 0 radical (unpaired) electrons. The molecule has 0 saturated heterocycles. The van der Waals surface area contributed by atoms with Crippen LogP contribution >= 0.6 is 27.5 Å². The van der Waals surface area contributed by atoms with Crippen LogP contribution in [0.15, 0.2) is 10.7 Å². The lowest BCUT2D eigenvalue weighted by atomic mass is 10.3. The van der Waals surface area contributed by atoms with Crippen molar-refractivity contribution in [1.29, 1.82) is 0 Å². The van der Waals surface area contributed by atoms with Crippen molar-refractivity contribution in [2.75, 3.05) is 0 Å². The molecule has 1 aromatic rings. The van der Waals surface area contributed by atoms with E-state index in [-0.39, 0.29) is 5.82 Å². The summed E-state index contributed by atoms with van der Waals surface area (Å²) in [4.78, 5) is 13.5. The first kappa shape index (κ1) is 9.41. The SMILES string of the molecule is Cc1c(Cl)cc(Br)nc1[N+](=O)[O-]. The predicted octanol–water partition coefficient (Wildman–Crippen LogP) is 2.71. The first-order chi connectivity index (χ1) is 5.52. The van der Waals surface area contributed by atoms with E-state index in [1.54, 1.807) is 6.92 Å². The van der Waals surface area contributed by atoms with Crippen LogP contribution in [0, 0.1) is 17.0 Å². The fourth-order valence-corrected chi connectivity index (χ4v) is 1.43. The highest BCUT2D eigenvalue weighted by Gasteiger charge is 2.16. The van der Waals surface area contributed by atoms with Crippen molar-refractivity contribution in [3.63, 3.8) is 0 Å². The fourth-order valence-electron chi connectivity index (χ4n) is 0.715. The Hall–Kier alpha value is -0.680. The van der Waals surface area contributed by atoms with Crippen molar-refractivity contribution in [1.82, 2.24) is 4.98 Å². The molecule has 0 bridgehead atoms. The van der Waals surface area contributed by atoms with Gasteiger partial charge in [0.2, 0.25) is 4.60 Å². The topological polar surface area (TPSA) is 56.0 Å². The molecule has 12 heavy (non-hydrogen) atoms. The maximum atomic E-state index is 10.4. The van der Waals surface area contributed by atoms with Crippen LogP contribution in [0.4, 0.5) is 5.82 Å². The zero-order valence-electron chi connectivity index (χ0n) is 6.04. The summed E-state index contributed by atoms with van der Waals surface area (Å²) in [6.45, 7) is 1.56. The third-order valence-electron chi connectivity index (χ3n) is 1.33. The largest absolute Gasteiger partial charge is 0.369 e. The molecule has 0 saturated carbocycles. The fraction of sp³-hybridized carbons (Fsp3) is 0.167. The molecule has 0 N–H and O–H groups in total. The molecule has 1 aromatic heterocycles. The molecule has 1 rings (SSSR count). The molecule has 1 heterocycles. The van der Waals surface area contributed by atoms with Gasteiger partial charge >= 0.3 is 5.82 Å². The number of nitro groups is 1. The summed E-state index contributed by atoms with van der Waals surface area (Å²) in [7, 11) is 0. The highest BCUT2D eigenvalue weighted by Crippen LogP contribution is 2.26. The van der Waals surface area contributed by atoms with Crippen LogP contribution in [0.25, 0.3) is 0 Å². The first-order valence-electron chi connectivity index (χ1n) is 2.99. The van der Waals surface area contributed by atoms with Gasteiger partial charge in [0.1, 0.15) is 0 Å². The van der Waals surface area contributed by atoms with Gasteiger partial charge in [-0.05, 0) is 16.8 Å². The van der Waals surface area contributed by atoms with E-state index < -0.39 is 4.92 Å². The van der Waals surface area contributed by atoms with Crippen molar-refractivity contribution in [2.45, 2.75) is 6.92 Å². The van der Waals surface area contributed by atoms with Crippen molar-refractivity contribution >= 4 is 33.3 Å². The van der Waals surface area contributed by atoms with Gasteiger partial charge in [-0.2, -0.15) is 0 Å². The minimum absolute atomic E-state index is 0.214. The Kier molecular flexibility index (Phi) is 2.64. The van der Waals surface area contributed by atoms with Gasteiger partial charge in [0, 0.05) is 22.0 Å². The molecule has 6 heteroatoms. The van der Waals surface area contributed by atoms with Gasteiger partial charge in [0.05, 0.1) is 10.6 Å². The summed E-state index contributed by atoms with van der Waals surface area (Å²) >= 11 is 8.70. The van der Waals surface area contributed by atoms with E-state index in [1.165, 1.54) is 6.07 Å². The Morgan fingerprint density at radius 2 is 2.33 bits per heavy atom. The van der Waals surface area contributed by atoms with E-state index in [9.17, 15) is 10.1 Å². The molecule has 0 aliphatic rings. The molecule has 0 aliphatic carbocycles. The lowest BCUT2D eigenvalue weighted by Crippen LogP contribution is -1.96. The van der Waals surface area contributed by atoms with Gasteiger partial charge in [0.15, 0.2) is 0 Å². The molecular formula is C6H4BrClN2O2. The van der Waals surface area contributed by atoms with Crippen molar-refractivity contribution in [3.05, 3.63) is 31.4 Å². The van der Waals surface area contributed by atoms with Gasteiger partial charge in [-0.15, -0.1) is 0 Å². The van der Waals surface area contributed by atoms with Crippen LogP contribution in [0.2, 0.25) is 5.02 Å². The van der Waals surface area contributed by atoms with Crippen molar-refractivity contribution in [3.8, 4) is 0 Å². The third-order valence-corrected chi connectivity index (χ3v) is 2.12. The lowest BCUT2D eigenvalue weighted by Gasteiger charge is -1.98. The molecule has 0 aliphatic heterocycles. The number of hydrogen-bond donors (Lipinski definition) is 0. The maximum absolute atomic E-state index is 10.4. The Bertz CT molecular complexity index is 343. The number of nitrogens with zero attached hydrogens (tertiary/aromatic N) is 2. The second kappa shape index (κ2) is 3.37. The zero-order chi connectivity index (χ0) is 9.30. The maximum Gasteiger partial charge on any atom is 0.369 e. The predicted molar refractivity (Wildman–Crippen MR) is 48.3 cm³/mol. The Balaban J connectivity index is 3.37. The van der Waals surface area contributed by atoms with Gasteiger partial charge in [0.25, 0.3) is 0 Å². The van der Waals surface area contributed by atoms with Crippen LogP contribution in [0.1, 0.15) is 5.56 Å². The number of pyridine rings is 1. The summed E-state index contributed by atoms with van der Waals surface area (Å²) in [5.41, 5.74) is 0.380. The average Bonchev–Trinajstić information content (AvgIpc) is 1.96. The van der Waals surface area contributed by atoms with Gasteiger partial charge < -0.3 is 10.1 Å². The third kappa shape index (κ3) is 1.73. The molecule has 0 aromatic carbocycles. The summed E-state index contributed by atoms with van der Waals surface area (Å²) in [5, 5.41) is 10.7. The number of rotatable bonds is 1. The highest BCUT2D eigenvalue weighted by molar-refractivity contribution is 9.10. The first-order valence-corrected chi connectivity index (χ1v) is 4.16. The van der Waals surface area contributed by atoms with Gasteiger partial charge in [-0.3, -0.25) is 0 Å². The number of aromatic nitrogens is 1. The Labute approximate surface area is 81.8 Å². The second-order valence-electron chi connectivity index (χ2n) is 2.13. The molecule has 0 amide bonds. The van der Waals surface area contributed by atoms with Crippen LogP contribution in [-0.4, -0.2) is 9.91 Å².